The van der Waals surface area contributed by atoms with Gasteiger partial charge in [-0.25, -0.2) is 4.79 Å². The molecule has 5 heteroatoms. The summed E-state index contributed by atoms with van der Waals surface area (Å²) in [4.78, 5) is 16.3. The number of likely N-dealkylation sites (tertiary alicyclic amines) is 1. The number of carbonyl (C=O) groups is 1. The number of pyridine rings is 1. The molecule has 1 aromatic heterocycles. The van der Waals surface area contributed by atoms with E-state index in [1.54, 1.807) is 0 Å². The molecule has 5 nitrogen and oxygen atoms in total. The van der Waals surface area contributed by atoms with Crippen LogP contribution in [0.2, 0.25) is 0 Å². The van der Waals surface area contributed by atoms with Crippen molar-refractivity contribution < 1.29 is 21.9 Å². The highest BCUT2D eigenvalue weighted by Gasteiger charge is 2.28. The van der Waals surface area contributed by atoms with Crippen molar-refractivity contribution >= 4 is 11.8 Å². The molecule has 110 valence electrons. The Kier molecular flexibility index (Phi) is 1.93. The van der Waals surface area contributed by atoms with E-state index in [2.05, 4.69) is 4.98 Å². The van der Waals surface area contributed by atoms with Crippen LogP contribution in [0.15, 0.2) is 18.3 Å². The third kappa shape index (κ3) is 3.85. The second-order valence-electron chi connectivity index (χ2n) is 5.14. The van der Waals surface area contributed by atoms with Crippen molar-refractivity contribution in [1.29, 1.82) is 0 Å². The van der Waals surface area contributed by atoms with Crippen molar-refractivity contribution in [3.63, 3.8) is 0 Å². The third-order valence-electron chi connectivity index (χ3n) is 2.20. The minimum atomic E-state index is -3.53. The second kappa shape index (κ2) is 5.69. The Morgan fingerprint density at radius 1 is 1.65 bits per heavy atom. The first-order valence-corrected chi connectivity index (χ1v) is 6.00. The number of amides is 1. The fourth-order valence-corrected chi connectivity index (χ4v) is 1.42. The molecule has 1 saturated heterocycles. The van der Waals surface area contributed by atoms with Gasteiger partial charge in [0.25, 0.3) is 0 Å². The number of rotatable bonds is 1. The number of piperidine rings is 1. The van der Waals surface area contributed by atoms with Crippen molar-refractivity contribution in [2.45, 2.75) is 45.0 Å². The molecule has 1 atom stereocenters. The molecule has 0 aromatic carbocycles. The van der Waals surface area contributed by atoms with Crippen LogP contribution in [0.5, 0.6) is 0 Å². The number of nitrogens with zero attached hydrogens (tertiary/aromatic N) is 2. The van der Waals surface area contributed by atoms with E-state index in [4.69, 9.17) is 22.8 Å². The molecule has 2 N–H and O–H groups in total. The first-order valence-electron chi connectivity index (χ1n) is 10.5. The lowest BCUT2D eigenvalue weighted by Crippen LogP contribution is -2.42. The normalized spacial score (nSPS) is 40.1. The Bertz CT molecular complexity index is 825. The van der Waals surface area contributed by atoms with Crippen LogP contribution in [0.1, 0.15) is 57.4 Å². The van der Waals surface area contributed by atoms with Gasteiger partial charge in [0.1, 0.15) is 5.60 Å². The minimum Gasteiger partial charge on any atom is -0.444 e. The molecule has 0 bridgehead atoms. The topological polar surface area (TPSA) is 68.5 Å². The van der Waals surface area contributed by atoms with E-state index >= 15 is 0 Å². The summed E-state index contributed by atoms with van der Waals surface area (Å²) in [6.45, 7) is -2.59. The molecule has 0 spiro atoms. The van der Waals surface area contributed by atoms with Gasteiger partial charge in [-0.05, 0) is 45.6 Å². The number of nitrogens with two attached hydrogens (primary N) is 1. The van der Waals surface area contributed by atoms with Crippen LogP contribution >= 0.6 is 0 Å². The maximum atomic E-state index is 12.7. The Balaban J connectivity index is 2.86. The Labute approximate surface area is 132 Å². The number of ether oxygens (including phenoxy) is 1. The van der Waals surface area contributed by atoms with Gasteiger partial charge in [0.15, 0.2) is 0 Å². The average molecular weight is 286 g/mol. The highest BCUT2D eigenvalue weighted by atomic mass is 16.6. The largest absolute Gasteiger partial charge is 0.444 e. The lowest BCUT2D eigenvalue weighted by molar-refractivity contribution is 0.0197. The van der Waals surface area contributed by atoms with E-state index in [1.807, 2.05) is 0 Å². The molecule has 20 heavy (non-hydrogen) atoms. The first kappa shape index (κ1) is 6.78. The highest BCUT2D eigenvalue weighted by Crippen LogP contribution is 2.27. The number of nitrogen functional groups attached to an aromatic ring is 1. The third-order valence-corrected chi connectivity index (χ3v) is 2.20. The van der Waals surface area contributed by atoms with Crippen LogP contribution in [0.3, 0.4) is 0 Å². The Morgan fingerprint density at radius 2 is 2.40 bits per heavy atom. The number of hydrogen-bond donors (Lipinski definition) is 1. The fourth-order valence-electron chi connectivity index (χ4n) is 1.42. The first-order chi connectivity index (χ1) is 12.7. The van der Waals surface area contributed by atoms with Crippen molar-refractivity contribution in [3.05, 3.63) is 24.0 Å². The monoisotopic (exact) mass is 286 g/mol. The van der Waals surface area contributed by atoms with E-state index in [0.29, 0.717) is 0 Å². The van der Waals surface area contributed by atoms with Crippen LogP contribution in [-0.4, -0.2) is 34.6 Å². The Hall–Kier alpha value is -1.78. The van der Waals surface area contributed by atoms with E-state index in [0.717, 1.165) is 12.3 Å². The van der Waals surface area contributed by atoms with Gasteiger partial charge in [0.05, 0.1) is 2.74 Å². The molecule has 2 rings (SSSR count). The molecule has 1 fully saturated rings. The van der Waals surface area contributed by atoms with E-state index in [1.165, 1.54) is 26.8 Å². The Morgan fingerprint density at radius 3 is 3.05 bits per heavy atom. The summed E-state index contributed by atoms with van der Waals surface area (Å²) in [5, 5.41) is 0. The quantitative estimate of drug-likeness (QED) is 0.862. The number of aromatic nitrogens is 1. The van der Waals surface area contributed by atoms with Gasteiger partial charge in [0.2, 0.25) is 0 Å². The van der Waals surface area contributed by atoms with E-state index in [9.17, 15) is 4.79 Å². The summed E-state index contributed by atoms with van der Waals surface area (Å²) in [5.41, 5.74) is 3.88. The number of carbonyl (C=O) groups excluding carboxylic acids is 1. The van der Waals surface area contributed by atoms with Gasteiger partial charge in [-0.2, -0.15) is 0 Å². The summed E-state index contributed by atoms with van der Waals surface area (Å²) >= 11 is 0. The van der Waals surface area contributed by atoms with Gasteiger partial charge < -0.3 is 15.4 Å². The maximum Gasteiger partial charge on any atom is 0.410 e. The average Bonchev–Trinajstić information content (AvgIpc) is 2.50. The van der Waals surface area contributed by atoms with Gasteiger partial charge >= 0.3 is 6.09 Å². The lowest BCUT2D eigenvalue weighted by Gasteiger charge is -2.33. The lowest BCUT2D eigenvalue weighted by atomic mass is 9.94. The van der Waals surface area contributed by atoms with E-state index < -0.39 is 49.0 Å². The predicted octanol–water partition coefficient (Wildman–Crippen LogP) is 2.78. The van der Waals surface area contributed by atoms with Crippen LogP contribution in [0.4, 0.5) is 10.5 Å². The van der Waals surface area contributed by atoms with Gasteiger partial charge in [-0.3, -0.25) is 4.98 Å². The van der Waals surface area contributed by atoms with Crippen molar-refractivity contribution in [3.8, 4) is 0 Å². The minimum absolute atomic E-state index is 0.00573. The van der Waals surface area contributed by atoms with Crippen LogP contribution in [0.25, 0.3) is 0 Å². The summed E-state index contributed by atoms with van der Waals surface area (Å²) in [6, 6.07) is 2.30. The summed E-state index contributed by atoms with van der Waals surface area (Å²) in [6.07, 6.45) is -7.50. The molecule has 1 amide bonds. The fraction of sp³-hybridized carbons (Fsp3) is 0.600. The molecule has 1 aliphatic heterocycles. The van der Waals surface area contributed by atoms with Gasteiger partial charge in [0, 0.05) is 46.1 Å². The summed E-state index contributed by atoms with van der Waals surface area (Å²) in [5.74, 6) is -3.19. The van der Waals surface area contributed by atoms with Crippen molar-refractivity contribution in [2.24, 2.45) is 0 Å². The number of hydrogen-bond acceptors (Lipinski definition) is 4. The molecule has 2 heterocycles. The molecule has 1 aliphatic rings. The molecule has 0 saturated carbocycles. The SMILES string of the molecule is [2H]C1([2H])N(C(=O)OC(C)(C)C)C([2H])([2H])C([2H])(c2cc(N)ccn2)C([2H])([2H])C1([2H])[2H]. The zero-order valence-corrected chi connectivity index (χ0v) is 11.5. The molecular formula is C15H23N3O2. The van der Waals surface area contributed by atoms with Crippen LogP contribution in [-0.2, 0) is 4.74 Å². The molecule has 1 aromatic rings. The second-order valence-corrected chi connectivity index (χ2v) is 5.14. The summed E-state index contributed by atoms with van der Waals surface area (Å²) in [7, 11) is 0. The molecular weight excluding hydrogens is 254 g/mol. The zero-order chi connectivity index (χ0) is 22.8. The van der Waals surface area contributed by atoms with Crippen LogP contribution in [0, 0.1) is 0 Å². The summed E-state index contributed by atoms with van der Waals surface area (Å²) < 4.78 is 79.8. The maximum absolute atomic E-state index is 12.7. The number of anilines is 1. The highest BCUT2D eigenvalue weighted by molar-refractivity contribution is 5.68. The van der Waals surface area contributed by atoms with Crippen molar-refractivity contribution in [2.75, 3.05) is 18.7 Å². The van der Waals surface area contributed by atoms with Gasteiger partial charge in [-0.15, -0.1) is 0 Å². The smallest absolute Gasteiger partial charge is 0.410 e. The van der Waals surface area contributed by atoms with Gasteiger partial charge in [-0.1, -0.05) is 0 Å². The standard InChI is InChI=1S/C15H23N3O2/c1-15(2,3)20-14(19)18-8-4-5-11(10-18)13-9-12(16)6-7-17-13/h6-7,9,11H,4-5,8,10H2,1-3H3,(H2,16,17)/i4D2,5D2,8D2,10D2,11D. The molecule has 0 aliphatic carbocycles. The van der Waals surface area contributed by atoms with Crippen LogP contribution < -0.4 is 5.73 Å². The molecule has 0 radical (unpaired) electrons. The van der Waals surface area contributed by atoms with Crippen molar-refractivity contribution in [1.82, 2.24) is 9.88 Å². The predicted molar refractivity (Wildman–Crippen MR) is 78.4 cm³/mol. The van der Waals surface area contributed by atoms with E-state index in [-0.39, 0.29) is 10.6 Å². The zero-order valence-electron chi connectivity index (χ0n) is 20.5. The molecule has 1 unspecified atom stereocenters.